The molecule has 0 saturated carbocycles. The second-order valence-corrected chi connectivity index (χ2v) is 3.71. The van der Waals surface area contributed by atoms with Gasteiger partial charge in [-0.05, 0) is 4.57 Å². The van der Waals surface area contributed by atoms with Gasteiger partial charge in [-0.1, -0.05) is 0 Å². The standard InChI is InChI=1S/C7H12O6P/c1-5(8)13-6(7(9)11-2)4-14(10)12-3/h6H,4H2,1-3H3/q+1. The lowest BCUT2D eigenvalue weighted by Crippen LogP contribution is -2.29. The number of carbonyl (C=O) groups is 2. The van der Waals surface area contributed by atoms with Gasteiger partial charge in [-0.15, -0.1) is 4.52 Å². The molecule has 0 bridgehead atoms. The van der Waals surface area contributed by atoms with E-state index in [0.717, 1.165) is 14.0 Å². The second-order valence-electron chi connectivity index (χ2n) is 2.32. The zero-order valence-electron chi connectivity index (χ0n) is 8.18. The Kier molecular flexibility index (Phi) is 5.99. The molecule has 0 aromatic rings. The van der Waals surface area contributed by atoms with E-state index in [2.05, 4.69) is 14.0 Å². The van der Waals surface area contributed by atoms with E-state index < -0.39 is 26.1 Å². The number of rotatable bonds is 5. The highest BCUT2D eigenvalue weighted by Crippen LogP contribution is 2.22. The summed E-state index contributed by atoms with van der Waals surface area (Å²) in [6.07, 6.45) is -1.36. The van der Waals surface area contributed by atoms with Crippen molar-refractivity contribution >= 4 is 20.0 Å². The first-order valence-electron chi connectivity index (χ1n) is 3.75. The molecule has 0 fully saturated rings. The molecule has 2 atom stereocenters. The van der Waals surface area contributed by atoms with Crippen LogP contribution in [-0.4, -0.2) is 38.4 Å². The third-order valence-corrected chi connectivity index (χ3v) is 2.33. The first-order valence-corrected chi connectivity index (χ1v) is 5.11. The highest BCUT2D eigenvalue weighted by molar-refractivity contribution is 7.39. The Morgan fingerprint density at radius 2 is 1.93 bits per heavy atom. The molecule has 0 aliphatic heterocycles. The van der Waals surface area contributed by atoms with Gasteiger partial charge in [-0.3, -0.25) is 4.79 Å². The Hall–Kier alpha value is -1.00. The maximum atomic E-state index is 11.0. The van der Waals surface area contributed by atoms with Crippen LogP contribution in [0.4, 0.5) is 0 Å². The lowest BCUT2D eigenvalue weighted by atomic mass is 10.4. The fourth-order valence-corrected chi connectivity index (χ4v) is 1.35. The van der Waals surface area contributed by atoms with Crippen LogP contribution in [0.1, 0.15) is 6.92 Å². The van der Waals surface area contributed by atoms with Gasteiger partial charge in [-0.2, -0.15) is 0 Å². The van der Waals surface area contributed by atoms with Crippen LogP contribution in [-0.2, 0) is 28.2 Å². The lowest BCUT2D eigenvalue weighted by molar-refractivity contribution is -0.163. The van der Waals surface area contributed by atoms with Crippen LogP contribution < -0.4 is 0 Å². The Labute approximate surface area is 82.4 Å². The summed E-state index contributed by atoms with van der Waals surface area (Å²) in [7, 11) is 0.374. The van der Waals surface area contributed by atoms with Crippen LogP contribution in [0, 0.1) is 0 Å². The highest BCUT2D eigenvalue weighted by Gasteiger charge is 2.33. The molecule has 0 heterocycles. The zero-order valence-corrected chi connectivity index (χ0v) is 9.08. The third-order valence-electron chi connectivity index (χ3n) is 1.29. The summed E-state index contributed by atoms with van der Waals surface area (Å²) in [6, 6.07) is 0. The second kappa shape index (κ2) is 6.45. The van der Waals surface area contributed by atoms with E-state index in [1.807, 2.05) is 0 Å². The summed E-state index contributed by atoms with van der Waals surface area (Å²) in [6.45, 7) is 1.15. The number of hydrogen-bond acceptors (Lipinski definition) is 6. The monoisotopic (exact) mass is 223 g/mol. The van der Waals surface area contributed by atoms with E-state index in [1.165, 1.54) is 7.11 Å². The molecule has 0 aromatic heterocycles. The van der Waals surface area contributed by atoms with Gasteiger partial charge in [0.05, 0.1) is 14.2 Å². The van der Waals surface area contributed by atoms with Gasteiger partial charge in [0.1, 0.15) is 0 Å². The summed E-state index contributed by atoms with van der Waals surface area (Å²) in [5, 5.41) is 0. The van der Waals surface area contributed by atoms with Crippen molar-refractivity contribution in [2.24, 2.45) is 0 Å². The topological polar surface area (TPSA) is 78.9 Å². The average molecular weight is 223 g/mol. The molecule has 0 aliphatic rings. The van der Waals surface area contributed by atoms with E-state index in [0.29, 0.717) is 0 Å². The minimum absolute atomic E-state index is 0.196. The molecule has 6 nitrogen and oxygen atoms in total. The van der Waals surface area contributed by atoms with Gasteiger partial charge >= 0.3 is 20.0 Å². The highest BCUT2D eigenvalue weighted by atomic mass is 31.1. The fourth-order valence-electron chi connectivity index (χ4n) is 0.702. The Balaban J connectivity index is 4.31. The van der Waals surface area contributed by atoms with Crippen LogP contribution in [0.15, 0.2) is 0 Å². The van der Waals surface area contributed by atoms with E-state index in [1.54, 1.807) is 0 Å². The Bertz CT molecular complexity index is 238. The molecular weight excluding hydrogens is 211 g/mol. The minimum Gasteiger partial charge on any atom is -0.466 e. The molecule has 0 spiro atoms. The number of carbonyl (C=O) groups excluding carboxylic acids is 2. The molecule has 7 heteroatoms. The maximum absolute atomic E-state index is 11.0. The lowest BCUT2D eigenvalue weighted by Gasteiger charge is -2.08. The minimum atomic E-state index is -2.01. The van der Waals surface area contributed by atoms with E-state index in [-0.39, 0.29) is 6.16 Å². The first-order chi connectivity index (χ1) is 6.51. The average Bonchev–Trinajstić information content (AvgIpc) is 2.14. The van der Waals surface area contributed by atoms with Crippen molar-refractivity contribution in [1.29, 1.82) is 0 Å². The largest absolute Gasteiger partial charge is 0.512 e. The van der Waals surface area contributed by atoms with Crippen LogP contribution in [0.5, 0.6) is 0 Å². The van der Waals surface area contributed by atoms with Crippen LogP contribution >= 0.6 is 8.03 Å². The van der Waals surface area contributed by atoms with Crippen molar-refractivity contribution in [3.63, 3.8) is 0 Å². The van der Waals surface area contributed by atoms with Gasteiger partial charge in [0.15, 0.2) is 0 Å². The van der Waals surface area contributed by atoms with Gasteiger partial charge in [-0.25, -0.2) is 4.79 Å². The van der Waals surface area contributed by atoms with Crippen molar-refractivity contribution in [3.05, 3.63) is 0 Å². The van der Waals surface area contributed by atoms with Gasteiger partial charge in [0, 0.05) is 6.92 Å². The molecule has 80 valence electrons. The first kappa shape index (κ1) is 13.0. The molecule has 0 aliphatic carbocycles. The maximum Gasteiger partial charge on any atom is 0.512 e. The van der Waals surface area contributed by atoms with Crippen LogP contribution in [0.2, 0.25) is 0 Å². The predicted molar refractivity (Wildman–Crippen MR) is 47.1 cm³/mol. The van der Waals surface area contributed by atoms with Crippen molar-refractivity contribution in [2.75, 3.05) is 20.4 Å². The molecule has 0 aromatic carbocycles. The Morgan fingerprint density at radius 1 is 1.36 bits per heavy atom. The predicted octanol–water partition coefficient (Wildman–Crippen LogP) is 0.480. The molecule has 2 unspecified atom stereocenters. The SMILES string of the molecule is COC(=O)C(C[P+](=O)OC)OC(C)=O. The summed E-state index contributed by atoms with van der Waals surface area (Å²) >= 11 is 0. The summed E-state index contributed by atoms with van der Waals surface area (Å²) in [5.41, 5.74) is 0. The third kappa shape index (κ3) is 4.89. The summed E-state index contributed by atoms with van der Waals surface area (Å²) in [4.78, 5) is 21.6. The summed E-state index contributed by atoms with van der Waals surface area (Å²) in [5.74, 6) is -1.39. The molecular formula is C7H12O6P+. The molecule has 0 amide bonds. The van der Waals surface area contributed by atoms with Gasteiger partial charge in [0.25, 0.3) is 0 Å². The number of esters is 2. The quantitative estimate of drug-likeness (QED) is 0.498. The molecule has 14 heavy (non-hydrogen) atoms. The fraction of sp³-hybridized carbons (Fsp3) is 0.714. The smallest absolute Gasteiger partial charge is 0.466 e. The number of ether oxygens (including phenoxy) is 2. The van der Waals surface area contributed by atoms with Gasteiger partial charge in [0.2, 0.25) is 12.3 Å². The van der Waals surface area contributed by atoms with Gasteiger partial charge < -0.3 is 9.47 Å². The van der Waals surface area contributed by atoms with Crippen molar-refractivity contribution in [2.45, 2.75) is 13.0 Å². The van der Waals surface area contributed by atoms with E-state index >= 15 is 0 Å². The molecule has 0 N–H and O–H groups in total. The number of hydrogen-bond donors (Lipinski definition) is 0. The zero-order chi connectivity index (χ0) is 11.1. The number of methoxy groups -OCH3 is 1. The van der Waals surface area contributed by atoms with Crippen molar-refractivity contribution < 1.29 is 28.2 Å². The normalized spacial score (nSPS) is 12.9. The van der Waals surface area contributed by atoms with E-state index in [4.69, 9.17) is 0 Å². The van der Waals surface area contributed by atoms with Crippen molar-refractivity contribution in [1.82, 2.24) is 0 Å². The van der Waals surface area contributed by atoms with E-state index in [9.17, 15) is 14.2 Å². The Morgan fingerprint density at radius 3 is 2.29 bits per heavy atom. The molecule has 0 radical (unpaired) electrons. The van der Waals surface area contributed by atoms with Crippen LogP contribution in [0.25, 0.3) is 0 Å². The molecule has 0 saturated heterocycles. The van der Waals surface area contributed by atoms with Crippen molar-refractivity contribution in [3.8, 4) is 0 Å². The van der Waals surface area contributed by atoms with Crippen LogP contribution in [0.3, 0.4) is 0 Å². The summed E-state index contributed by atoms with van der Waals surface area (Å²) < 4.78 is 24.4. The molecule has 0 rings (SSSR count).